The summed E-state index contributed by atoms with van der Waals surface area (Å²) >= 11 is 0. The molecular weight excluding hydrogens is 346 g/mol. The second-order valence-electron chi connectivity index (χ2n) is 6.54. The van der Waals surface area contributed by atoms with Gasteiger partial charge in [0.15, 0.2) is 0 Å². The highest BCUT2D eigenvalue weighted by molar-refractivity contribution is 5.85. The number of hydrogen-bond acceptors (Lipinski definition) is 2. The summed E-state index contributed by atoms with van der Waals surface area (Å²) in [5.74, 6) is -1.59. The molecule has 1 fully saturated rings. The van der Waals surface area contributed by atoms with Crippen LogP contribution in [0.5, 0.6) is 0 Å². The Kier molecular flexibility index (Phi) is 5.06. The molecule has 25 heavy (non-hydrogen) atoms. The highest BCUT2D eigenvalue weighted by atomic mass is 35.5. The fraction of sp³-hybridized carbons (Fsp3) is 0.316. The third kappa shape index (κ3) is 3.67. The fourth-order valence-corrected chi connectivity index (χ4v) is 3.41. The van der Waals surface area contributed by atoms with E-state index >= 15 is 0 Å². The molecule has 2 unspecified atom stereocenters. The van der Waals surface area contributed by atoms with Crippen molar-refractivity contribution < 1.29 is 13.6 Å². The lowest BCUT2D eigenvalue weighted by atomic mass is 10.1. The molecule has 6 heteroatoms. The lowest BCUT2D eigenvalue weighted by Gasteiger charge is -2.07. The molecule has 1 amide bonds. The molecule has 0 aromatic heterocycles. The van der Waals surface area contributed by atoms with Gasteiger partial charge < -0.3 is 10.6 Å². The number of carbonyl (C=O) groups is 1. The second-order valence-corrected chi connectivity index (χ2v) is 6.54. The van der Waals surface area contributed by atoms with E-state index in [-0.39, 0.29) is 30.2 Å². The van der Waals surface area contributed by atoms with E-state index in [1.54, 1.807) is 0 Å². The molecule has 2 aromatic rings. The van der Waals surface area contributed by atoms with Crippen molar-refractivity contribution in [3.63, 3.8) is 0 Å². The molecule has 3 nitrogen and oxygen atoms in total. The number of nitrogens with one attached hydrogen (secondary N) is 2. The summed E-state index contributed by atoms with van der Waals surface area (Å²) in [6.45, 7) is 2.24. The molecule has 1 aliphatic heterocycles. The lowest BCUT2D eigenvalue weighted by Crippen LogP contribution is -2.25. The molecule has 2 N–H and O–H groups in total. The Bertz CT molecular complexity index is 812. The van der Waals surface area contributed by atoms with Gasteiger partial charge in [0.2, 0.25) is 5.91 Å². The van der Waals surface area contributed by atoms with Gasteiger partial charge in [0.1, 0.15) is 11.6 Å². The minimum absolute atomic E-state index is 0. The Morgan fingerprint density at radius 3 is 2.72 bits per heavy atom. The van der Waals surface area contributed by atoms with Crippen molar-refractivity contribution in [2.45, 2.75) is 32.0 Å². The molecule has 2 atom stereocenters. The van der Waals surface area contributed by atoms with Crippen LogP contribution in [0.25, 0.3) is 0 Å². The molecule has 0 spiro atoms. The number of amides is 1. The SMILES string of the molecule is Cl.O=C(NCc1ccc2c(c1)CNC2)C1CC1c1ccc(F)cc1F. The van der Waals surface area contributed by atoms with Crippen LogP contribution in [0.3, 0.4) is 0 Å². The predicted molar refractivity (Wildman–Crippen MR) is 93.3 cm³/mol. The van der Waals surface area contributed by atoms with Crippen molar-refractivity contribution in [2.75, 3.05) is 0 Å². The van der Waals surface area contributed by atoms with Crippen LogP contribution in [0, 0.1) is 17.6 Å². The monoisotopic (exact) mass is 364 g/mol. The van der Waals surface area contributed by atoms with Gasteiger partial charge in [0.05, 0.1) is 0 Å². The molecule has 1 aliphatic carbocycles. The van der Waals surface area contributed by atoms with Crippen molar-refractivity contribution in [1.82, 2.24) is 10.6 Å². The van der Waals surface area contributed by atoms with Gasteiger partial charge in [-0.15, -0.1) is 12.4 Å². The van der Waals surface area contributed by atoms with Crippen LogP contribution in [-0.2, 0) is 24.4 Å². The van der Waals surface area contributed by atoms with Crippen LogP contribution in [0.2, 0.25) is 0 Å². The maximum atomic E-state index is 13.8. The molecule has 0 radical (unpaired) electrons. The zero-order valence-corrected chi connectivity index (χ0v) is 14.3. The first-order valence-electron chi connectivity index (χ1n) is 8.16. The average molecular weight is 365 g/mol. The molecule has 132 valence electrons. The molecule has 1 heterocycles. The molecule has 0 saturated heterocycles. The van der Waals surface area contributed by atoms with Gasteiger partial charge in [-0.2, -0.15) is 0 Å². The Balaban J connectivity index is 0.00000182. The molecule has 2 aromatic carbocycles. The van der Waals surface area contributed by atoms with Gasteiger partial charge in [-0.3, -0.25) is 4.79 Å². The van der Waals surface area contributed by atoms with E-state index in [4.69, 9.17) is 0 Å². The van der Waals surface area contributed by atoms with Gasteiger partial charge in [0.25, 0.3) is 0 Å². The molecule has 0 bridgehead atoms. The summed E-state index contributed by atoms with van der Waals surface area (Å²) in [7, 11) is 0. The van der Waals surface area contributed by atoms with E-state index in [1.807, 2.05) is 6.07 Å². The van der Waals surface area contributed by atoms with Crippen molar-refractivity contribution in [2.24, 2.45) is 5.92 Å². The first-order valence-corrected chi connectivity index (χ1v) is 8.16. The molecule has 1 saturated carbocycles. The summed E-state index contributed by atoms with van der Waals surface area (Å²) < 4.78 is 26.7. The molecule has 2 aliphatic rings. The Morgan fingerprint density at radius 2 is 1.92 bits per heavy atom. The van der Waals surface area contributed by atoms with Crippen molar-refractivity contribution in [3.8, 4) is 0 Å². The van der Waals surface area contributed by atoms with E-state index in [9.17, 15) is 13.6 Å². The topological polar surface area (TPSA) is 41.1 Å². The quantitative estimate of drug-likeness (QED) is 0.873. The number of carbonyl (C=O) groups excluding carboxylic acids is 1. The largest absolute Gasteiger partial charge is 0.352 e. The van der Waals surface area contributed by atoms with Crippen molar-refractivity contribution >= 4 is 18.3 Å². The second kappa shape index (κ2) is 7.10. The van der Waals surface area contributed by atoms with Gasteiger partial charge in [-0.25, -0.2) is 8.78 Å². The third-order valence-corrected chi connectivity index (χ3v) is 4.86. The maximum Gasteiger partial charge on any atom is 0.224 e. The fourth-order valence-electron chi connectivity index (χ4n) is 3.41. The minimum Gasteiger partial charge on any atom is -0.352 e. The van der Waals surface area contributed by atoms with Crippen LogP contribution in [0.1, 0.15) is 34.6 Å². The lowest BCUT2D eigenvalue weighted by molar-refractivity contribution is -0.122. The van der Waals surface area contributed by atoms with Gasteiger partial charge in [-0.05, 0) is 40.7 Å². The first kappa shape index (κ1) is 17.8. The van der Waals surface area contributed by atoms with Gasteiger partial charge in [-0.1, -0.05) is 24.3 Å². The van der Waals surface area contributed by atoms with E-state index in [2.05, 4.69) is 22.8 Å². The van der Waals surface area contributed by atoms with E-state index in [1.165, 1.54) is 23.3 Å². The normalized spacial score (nSPS) is 20.6. The zero-order chi connectivity index (χ0) is 16.7. The van der Waals surface area contributed by atoms with Crippen LogP contribution in [-0.4, -0.2) is 5.91 Å². The van der Waals surface area contributed by atoms with Gasteiger partial charge in [0, 0.05) is 31.6 Å². The number of hydrogen-bond donors (Lipinski definition) is 2. The summed E-state index contributed by atoms with van der Waals surface area (Å²) in [5.41, 5.74) is 4.08. The average Bonchev–Trinajstić information content (AvgIpc) is 3.21. The summed E-state index contributed by atoms with van der Waals surface area (Å²) in [5, 5.41) is 6.22. The highest BCUT2D eigenvalue weighted by Crippen LogP contribution is 2.48. The first-order chi connectivity index (χ1) is 11.6. The van der Waals surface area contributed by atoms with E-state index in [0.29, 0.717) is 18.5 Å². The number of benzene rings is 2. The molecular formula is C19H19ClF2N2O. The van der Waals surface area contributed by atoms with E-state index < -0.39 is 11.6 Å². The number of fused-ring (bicyclic) bond motifs is 1. The number of rotatable bonds is 4. The zero-order valence-electron chi connectivity index (χ0n) is 13.5. The predicted octanol–water partition coefficient (Wildman–Crippen LogP) is 3.41. The number of halogens is 3. The Hall–Kier alpha value is -1.98. The molecule has 4 rings (SSSR count). The Labute approximate surface area is 151 Å². The minimum atomic E-state index is -0.594. The summed E-state index contributed by atoms with van der Waals surface area (Å²) in [4.78, 5) is 12.3. The van der Waals surface area contributed by atoms with Crippen LogP contribution < -0.4 is 10.6 Å². The third-order valence-electron chi connectivity index (χ3n) is 4.86. The smallest absolute Gasteiger partial charge is 0.224 e. The summed E-state index contributed by atoms with van der Waals surface area (Å²) in [6, 6.07) is 9.78. The maximum absolute atomic E-state index is 13.8. The highest BCUT2D eigenvalue weighted by Gasteiger charge is 2.45. The van der Waals surface area contributed by atoms with Crippen molar-refractivity contribution in [3.05, 3.63) is 70.3 Å². The van der Waals surface area contributed by atoms with Crippen LogP contribution in [0.4, 0.5) is 8.78 Å². The standard InChI is InChI=1S/C19H18F2N2O.ClH/c20-14-3-4-15(18(21)6-14)16-7-17(16)19(24)23-8-11-1-2-12-9-22-10-13(12)5-11;/h1-6,16-17,22H,7-10H2,(H,23,24);1H. The summed E-state index contributed by atoms with van der Waals surface area (Å²) in [6.07, 6.45) is 0.614. The van der Waals surface area contributed by atoms with Crippen LogP contribution >= 0.6 is 12.4 Å². The van der Waals surface area contributed by atoms with E-state index in [0.717, 1.165) is 24.7 Å². The van der Waals surface area contributed by atoms with Crippen LogP contribution in [0.15, 0.2) is 36.4 Å². The Morgan fingerprint density at radius 1 is 1.12 bits per heavy atom. The van der Waals surface area contributed by atoms with Crippen molar-refractivity contribution in [1.29, 1.82) is 0 Å². The van der Waals surface area contributed by atoms with Gasteiger partial charge >= 0.3 is 0 Å².